The number of rotatable bonds is 4. The maximum atomic E-state index is 6.13. The number of hydrogen-bond donors (Lipinski definition) is 1. The Bertz CT molecular complexity index is 615. The first-order chi connectivity index (χ1) is 10.2. The van der Waals surface area contributed by atoms with E-state index in [2.05, 4.69) is 55.5 Å². The molecule has 0 saturated heterocycles. The summed E-state index contributed by atoms with van der Waals surface area (Å²) in [5, 5.41) is 0. The maximum absolute atomic E-state index is 6.13. The lowest BCUT2D eigenvalue weighted by Gasteiger charge is -2.48. The van der Waals surface area contributed by atoms with Crippen LogP contribution < -0.4 is 10.5 Å². The Morgan fingerprint density at radius 1 is 1.14 bits per heavy atom. The Morgan fingerprint density at radius 2 is 1.86 bits per heavy atom. The van der Waals surface area contributed by atoms with Crippen molar-refractivity contribution in [3.8, 4) is 5.75 Å². The Labute approximate surface area is 126 Å². The monoisotopic (exact) mass is 281 g/mol. The highest BCUT2D eigenvalue weighted by Gasteiger charge is 2.45. The number of benzene rings is 2. The molecule has 2 nitrogen and oxygen atoms in total. The van der Waals surface area contributed by atoms with Crippen molar-refractivity contribution in [3.63, 3.8) is 0 Å². The zero-order valence-electron chi connectivity index (χ0n) is 12.8. The van der Waals surface area contributed by atoms with Gasteiger partial charge in [0.15, 0.2) is 0 Å². The molecule has 2 heteroatoms. The minimum Gasteiger partial charge on any atom is -0.496 e. The molecule has 110 valence electrons. The van der Waals surface area contributed by atoms with Crippen molar-refractivity contribution in [2.24, 2.45) is 5.73 Å². The number of aryl methyl sites for hydroxylation is 1. The molecule has 2 aromatic carbocycles. The van der Waals surface area contributed by atoms with Crippen LogP contribution in [0.5, 0.6) is 5.75 Å². The molecule has 0 aliphatic heterocycles. The van der Waals surface area contributed by atoms with Crippen molar-refractivity contribution in [1.82, 2.24) is 0 Å². The van der Waals surface area contributed by atoms with Crippen LogP contribution in [0.15, 0.2) is 48.5 Å². The molecule has 0 spiro atoms. The average molecular weight is 281 g/mol. The Balaban J connectivity index is 1.84. The van der Waals surface area contributed by atoms with Crippen LogP contribution >= 0.6 is 0 Å². The fourth-order valence-electron chi connectivity index (χ4n) is 3.51. The van der Waals surface area contributed by atoms with Gasteiger partial charge in [-0.05, 0) is 48.4 Å². The lowest BCUT2D eigenvalue weighted by atomic mass is 9.57. The summed E-state index contributed by atoms with van der Waals surface area (Å²) >= 11 is 0. The van der Waals surface area contributed by atoms with Crippen LogP contribution in [0.4, 0.5) is 0 Å². The number of nitrogens with two attached hydrogens (primary N) is 1. The van der Waals surface area contributed by atoms with E-state index in [9.17, 15) is 0 Å². The third-order valence-corrected chi connectivity index (χ3v) is 4.96. The second-order valence-electron chi connectivity index (χ2n) is 6.18. The first kappa shape index (κ1) is 14.2. The van der Waals surface area contributed by atoms with Crippen molar-refractivity contribution >= 4 is 0 Å². The lowest BCUT2D eigenvalue weighted by molar-refractivity contribution is 0.208. The zero-order valence-corrected chi connectivity index (χ0v) is 12.8. The third kappa shape index (κ3) is 2.44. The summed E-state index contributed by atoms with van der Waals surface area (Å²) in [6, 6.07) is 17.3. The van der Waals surface area contributed by atoms with Crippen LogP contribution in [0.1, 0.15) is 35.4 Å². The molecule has 0 heterocycles. The molecule has 0 atom stereocenters. The summed E-state index contributed by atoms with van der Waals surface area (Å²) in [4.78, 5) is 0. The van der Waals surface area contributed by atoms with Gasteiger partial charge in [-0.25, -0.2) is 0 Å². The standard InChI is InChI=1S/C19H23NO/c1-14-8-9-17(10-18(14)21-2)19(13-20)11-16(12-19)15-6-4-3-5-7-15/h3-10,16H,11-13,20H2,1-2H3. The zero-order chi connectivity index (χ0) is 14.9. The van der Waals surface area contributed by atoms with Gasteiger partial charge in [-0.3, -0.25) is 0 Å². The maximum Gasteiger partial charge on any atom is 0.122 e. The van der Waals surface area contributed by atoms with E-state index in [1.54, 1.807) is 7.11 Å². The van der Waals surface area contributed by atoms with Crippen LogP contribution in [0.2, 0.25) is 0 Å². The second-order valence-corrected chi connectivity index (χ2v) is 6.18. The molecule has 2 N–H and O–H groups in total. The minimum atomic E-state index is 0.113. The smallest absolute Gasteiger partial charge is 0.122 e. The molecule has 0 unspecified atom stereocenters. The van der Waals surface area contributed by atoms with Gasteiger partial charge in [0.2, 0.25) is 0 Å². The van der Waals surface area contributed by atoms with E-state index >= 15 is 0 Å². The Hall–Kier alpha value is -1.80. The molecule has 21 heavy (non-hydrogen) atoms. The topological polar surface area (TPSA) is 35.2 Å². The van der Waals surface area contributed by atoms with Gasteiger partial charge in [-0.2, -0.15) is 0 Å². The van der Waals surface area contributed by atoms with Crippen molar-refractivity contribution in [2.75, 3.05) is 13.7 Å². The summed E-state index contributed by atoms with van der Waals surface area (Å²) in [6.07, 6.45) is 2.25. The summed E-state index contributed by atoms with van der Waals surface area (Å²) in [5.41, 5.74) is 10.2. The SMILES string of the molecule is COc1cc(C2(CN)CC(c3ccccc3)C2)ccc1C. The van der Waals surface area contributed by atoms with E-state index in [0.717, 1.165) is 18.6 Å². The average Bonchev–Trinajstić information content (AvgIpc) is 2.49. The normalized spacial score (nSPS) is 24.4. The van der Waals surface area contributed by atoms with E-state index in [0.29, 0.717) is 12.5 Å². The first-order valence-corrected chi connectivity index (χ1v) is 7.59. The van der Waals surface area contributed by atoms with Crippen LogP contribution in [-0.4, -0.2) is 13.7 Å². The van der Waals surface area contributed by atoms with Gasteiger partial charge in [0.05, 0.1) is 7.11 Å². The van der Waals surface area contributed by atoms with Gasteiger partial charge >= 0.3 is 0 Å². The summed E-state index contributed by atoms with van der Waals surface area (Å²) in [7, 11) is 1.73. The minimum absolute atomic E-state index is 0.113. The number of ether oxygens (including phenoxy) is 1. The largest absolute Gasteiger partial charge is 0.496 e. The molecule has 1 aliphatic carbocycles. The Morgan fingerprint density at radius 3 is 2.48 bits per heavy atom. The van der Waals surface area contributed by atoms with Gasteiger partial charge in [-0.1, -0.05) is 42.5 Å². The van der Waals surface area contributed by atoms with Crippen LogP contribution in [-0.2, 0) is 5.41 Å². The van der Waals surface area contributed by atoms with Crippen molar-refractivity contribution < 1.29 is 4.74 Å². The van der Waals surface area contributed by atoms with Crippen LogP contribution in [0, 0.1) is 6.92 Å². The third-order valence-electron chi connectivity index (χ3n) is 4.96. The highest BCUT2D eigenvalue weighted by atomic mass is 16.5. The molecule has 3 rings (SSSR count). The predicted molar refractivity (Wildman–Crippen MR) is 86.9 cm³/mol. The summed E-state index contributed by atoms with van der Waals surface area (Å²) in [5.74, 6) is 1.59. The summed E-state index contributed by atoms with van der Waals surface area (Å²) < 4.78 is 5.46. The van der Waals surface area contributed by atoms with Gasteiger partial charge < -0.3 is 10.5 Å². The van der Waals surface area contributed by atoms with Crippen molar-refractivity contribution in [3.05, 3.63) is 65.2 Å². The molecule has 1 aliphatic rings. The van der Waals surface area contributed by atoms with Gasteiger partial charge in [0.1, 0.15) is 5.75 Å². The quantitative estimate of drug-likeness (QED) is 0.925. The highest BCUT2D eigenvalue weighted by Crippen LogP contribution is 2.52. The first-order valence-electron chi connectivity index (χ1n) is 7.59. The molecule has 1 fully saturated rings. The number of methoxy groups -OCH3 is 1. The fraction of sp³-hybridized carbons (Fsp3) is 0.368. The molecular weight excluding hydrogens is 258 g/mol. The lowest BCUT2D eigenvalue weighted by Crippen LogP contribution is -2.46. The predicted octanol–water partition coefficient (Wildman–Crippen LogP) is 3.78. The van der Waals surface area contributed by atoms with E-state index in [-0.39, 0.29) is 5.41 Å². The Kier molecular flexibility index (Phi) is 3.73. The van der Waals surface area contributed by atoms with E-state index < -0.39 is 0 Å². The molecule has 0 radical (unpaired) electrons. The van der Waals surface area contributed by atoms with Crippen LogP contribution in [0.25, 0.3) is 0 Å². The van der Waals surface area contributed by atoms with Crippen molar-refractivity contribution in [2.45, 2.75) is 31.1 Å². The fourth-order valence-corrected chi connectivity index (χ4v) is 3.51. The van der Waals surface area contributed by atoms with Gasteiger partial charge in [-0.15, -0.1) is 0 Å². The van der Waals surface area contributed by atoms with E-state index in [4.69, 9.17) is 10.5 Å². The summed E-state index contributed by atoms with van der Waals surface area (Å²) in [6.45, 7) is 2.77. The molecule has 0 aromatic heterocycles. The molecule has 2 aromatic rings. The van der Waals surface area contributed by atoms with Crippen LogP contribution in [0.3, 0.4) is 0 Å². The molecule has 0 bridgehead atoms. The van der Waals surface area contributed by atoms with Gasteiger partial charge in [0.25, 0.3) is 0 Å². The molecule has 1 saturated carbocycles. The van der Waals surface area contributed by atoms with E-state index in [1.165, 1.54) is 16.7 Å². The van der Waals surface area contributed by atoms with Gasteiger partial charge in [0, 0.05) is 12.0 Å². The molecular formula is C19H23NO. The number of hydrogen-bond acceptors (Lipinski definition) is 2. The second kappa shape index (κ2) is 5.53. The highest BCUT2D eigenvalue weighted by molar-refractivity contribution is 5.43. The van der Waals surface area contributed by atoms with Crippen molar-refractivity contribution in [1.29, 1.82) is 0 Å². The van der Waals surface area contributed by atoms with E-state index in [1.807, 2.05) is 0 Å². The molecule has 0 amide bonds.